The van der Waals surface area contributed by atoms with Gasteiger partial charge in [-0.15, -0.1) is 13.2 Å². The molecule has 8 heteroatoms. The van der Waals surface area contributed by atoms with Gasteiger partial charge in [0.15, 0.2) is 23.1 Å². The van der Waals surface area contributed by atoms with E-state index in [0.717, 1.165) is 6.92 Å². The minimum Gasteiger partial charge on any atom is -0.298 e. The van der Waals surface area contributed by atoms with Crippen LogP contribution in [-0.2, 0) is 23.9 Å². The standard InChI is InChI=1S/C15H19F3O5/c1-7(6-23-15(16,17)18)9(19)8-10(20)13(2,3)12(22)14(4,5)11(8)21/h7-8H,6H2,1-5H3. The predicted octanol–water partition coefficient (Wildman–Crippen LogP) is 2.12. The van der Waals surface area contributed by atoms with Crippen LogP contribution in [0.25, 0.3) is 0 Å². The smallest absolute Gasteiger partial charge is 0.298 e. The molecule has 1 rings (SSSR count). The molecule has 0 saturated heterocycles. The summed E-state index contributed by atoms with van der Waals surface area (Å²) in [6.07, 6.45) is -4.91. The summed E-state index contributed by atoms with van der Waals surface area (Å²) in [6, 6.07) is 0. The van der Waals surface area contributed by atoms with Gasteiger partial charge in [0.05, 0.1) is 17.4 Å². The fourth-order valence-electron chi connectivity index (χ4n) is 2.69. The third-order valence-corrected chi connectivity index (χ3v) is 4.16. The summed E-state index contributed by atoms with van der Waals surface area (Å²) in [6.45, 7) is 5.39. The first-order valence-corrected chi connectivity index (χ1v) is 7.02. The molecule has 0 aromatic heterocycles. The van der Waals surface area contributed by atoms with Crippen molar-refractivity contribution in [1.29, 1.82) is 0 Å². The number of ether oxygens (including phenoxy) is 1. The maximum Gasteiger partial charge on any atom is 0.522 e. The Kier molecular flexibility index (Phi) is 4.92. The largest absolute Gasteiger partial charge is 0.522 e. The summed E-state index contributed by atoms with van der Waals surface area (Å²) in [4.78, 5) is 49.3. The molecule has 1 unspecified atom stereocenters. The SMILES string of the molecule is CC(COC(F)(F)F)C(=O)C1C(=O)C(C)(C)C(=O)C(C)(C)C1=O. The highest BCUT2D eigenvalue weighted by atomic mass is 19.4. The average molecular weight is 336 g/mol. The molecule has 5 nitrogen and oxygen atoms in total. The van der Waals surface area contributed by atoms with Crippen molar-refractivity contribution in [2.45, 2.75) is 41.0 Å². The van der Waals surface area contributed by atoms with Gasteiger partial charge in [0, 0.05) is 5.92 Å². The van der Waals surface area contributed by atoms with Crippen LogP contribution in [0.3, 0.4) is 0 Å². The fraction of sp³-hybridized carbons (Fsp3) is 0.733. The minimum absolute atomic E-state index is 0.608. The minimum atomic E-state index is -4.91. The number of carbonyl (C=O) groups is 4. The molecule has 1 saturated carbocycles. The predicted molar refractivity (Wildman–Crippen MR) is 72.3 cm³/mol. The van der Waals surface area contributed by atoms with E-state index in [9.17, 15) is 32.3 Å². The summed E-state index contributed by atoms with van der Waals surface area (Å²) in [5.74, 6) is -6.38. The second-order valence-electron chi connectivity index (χ2n) is 6.80. The van der Waals surface area contributed by atoms with Crippen LogP contribution < -0.4 is 0 Å². The third kappa shape index (κ3) is 3.52. The van der Waals surface area contributed by atoms with E-state index < -0.39 is 58.8 Å². The molecule has 1 aliphatic rings. The number of alkyl halides is 3. The number of ketones is 4. The molecule has 0 aromatic rings. The van der Waals surface area contributed by atoms with E-state index in [4.69, 9.17) is 0 Å². The van der Waals surface area contributed by atoms with Crippen molar-refractivity contribution in [3.8, 4) is 0 Å². The maximum atomic E-state index is 12.4. The molecule has 23 heavy (non-hydrogen) atoms. The Morgan fingerprint density at radius 2 is 1.48 bits per heavy atom. The Morgan fingerprint density at radius 1 is 1.09 bits per heavy atom. The molecule has 0 aromatic carbocycles. The lowest BCUT2D eigenvalue weighted by Crippen LogP contribution is -2.60. The number of hydrogen-bond donors (Lipinski definition) is 0. The Bertz CT molecular complexity index is 530. The molecule has 0 aliphatic heterocycles. The summed E-state index contributed by atoms with van der Waals surface area (Å²) in [5, 5.41) is 0. The zero-order valence-corrected chi connectivity index (χ0v) is 13.5. The van der Waals surface area contributed by atoms with Crippen molar-refractivity contribution >= 4 is 23.1 Å². The highest BCUT2D eigenvalue weighted by molar-refractivity contribution is 6.35. The zero-order chi connectivity index (χ0) is 18.4. The van der Waals surface area contributed by atoms with Gasteiger partial charge in [-0.25, -0.2) is 0 Å². The van der Waals surface area contributed by atoms with Crippen LogP contribution in [-0.4, -0.2) is 36.1 Å². The summed E-state index contributed by atoms with van der Waals surface area (Å²) in [7, 11) is 0. The van der Waals surface area contributed by atoms with Crippen LogP contribution in [0.5, 0.6) is 0 Å². The van der Waals surface area contributed by atoms with Crippen LogP contribution in [0, 0.1) is 22.7 Å². The van der Waals surface area contributed by atoms with Crippen LogP contribution in [0.1, 0.15) is 34.6 Å². The molecule has 0 bridgehead atoms. The van der Waals surface area contributed by atoms with Crippen molar-refractivity contribution in [2.75, 3.05) is 6.61 Å². The van der Waals surface area contributed by atoms with Gasteiger partial charge in [-0.2, -0.15) is 0 Å². The Hall–Kier alpha value is -1.57. The Morgan fingerprint density at radius 3 is 1.83 bits per heavy atom. The maximum absolute atomic E-state index is 12.4. The second-order valence-corrected chi connectivity index (χ2v) is 6.80. The number of rotatable bonds is 4. The van der Waals surface area contributed by atoms with Gasteiger partial charge >= 0.3 is 6.36 Å². The van der Waals surface area contributed by atoms with E-state index in [1.165, 1.54) is 27.7 Å². The first kappa shape index (κ1) is 19.5. The number of carbonyl (C=O) groups excluding carboxylic acids is 4. The molecule has 0 radical (unpaired) electrons. The third-order valence-electron chi connectivity index (χ3n) is 4.16. The fourth-order valence-corrected chi connectivity index (χ4v) is 2.69. The monoisotopic (exact) mass is 336 g/mol. The van der Waals surface area contributed by atoms with Gasteiger partial charge in [0.2, 0.25) is 0 Å². The van der Waals surface area contributed by atoms with Gasteiger partial charge in [-0.1, -0.05) is 6.92 Å². The number of halogens is 3. The highest BCUT2D eigenvalue weighted by Crippen LogP contribution is 2.41. The van der Waals surface area contributed by atoms with Crippen molar-refractivity contribution < 1.29 is 37.1 Å². The zero-order valence-electron chi connectivity index (χ0n) is 13.5. The Labute approximate surface area is 131 Å². The molecule has 130 valence electrons. The lowest BCUT2D eigenvalue weighted by atomic mass is 9.57. The van der Waals surface area contributed by atoms with Crippen molar-refractivity contribution in [1.82, 2.24) is 0 Å². The van der Waals surface area contributed by atoms with Crippen LogP contribution in [0.15, 0.2) is 0 Å². The molecule has 0 N–H and O–H groups in total. The molecular formula is C15H19F3O5. The van der Waals surface area contributed by atoms with Crippen molar-refractivity contribution in [3.05, 3.63) is 0 Å². The molecule has 1 fully saturated rings. The lowest BCUT2D eigenvalue weighted by Gasteiger charge is -2.40. The number of Topliss-reactive ketones (excluding diaryl/α,β-unsaturated/α-hetero) is 4. The first-order valence-electron chi connectivity index (χ1n) is 7.02. The first-order chi connectivity index (χ1) is 10.1. The van der Waals surface area contributed by atoms with E-state index >= 15 is 0 Å². The van der Waals surface area contributed by atoms with Crippen molar-refractivity contribution in [3.63, 3.8) is 0 Å². The van der Waals surface area contributed by atoms with Gasteiger partial charge in [-0.3, -0.25) is 23.9 Å². The molecule has 1 atom stereocenters. The van der Waals surface area contributed by atoms with E-state index in [-0.39, 0.29) is 0 Å². The molecule has 0 amide bonds. The average Bonchev–Trinajstić information content (AvgIpc) is 2.41. The quantitative estimate of drug-likeness (QED) is 0.735. The molecule has 0 spiro atoms. The summed E-state index contributed by atoms with van der Waals surface area (Å²) < 4.78 is 39.8. The van der Waals surface area contributed by atoms with Gasteiger partial charge < -0.3 is 0 Å². The number of hydrogen-bond acceptors (Lipinski definition) is 5. The van der Waals surface area contributed by atoms with E-state index in [1.807, 2.05) is 0 Å². The van der Waals surface area contributed by atoms with Crippen LogP contribution in [0.2, 0.25) is 0 Å². The highest BCUT2D eigenvalue weighted by Gasteiger charge is 2.60. The normalized spacial score (nSPS) is 23.0. The Balaban J connectivity index is 3.10. The lowest BCUT2D eigenvalue weighted by molar-refractivity contribution is -0.326. The summed E-state index contributed by atoms with van der Waals surface area (Å²) >= 11 is 0. The van der Waals surface area contributed by atoms with E-state index in [0.29, 0.717) is 0 Å². The van der Waals surface area contributed by atoms with Gasteiger partial charge in [0.25, 0.3) is 0 Å². The molecular weight excluding hydrogens is 317 g/mol. The van der Waals surface area contributed by atoms with Gasteiger partial charge in [0.1, 0.15) is 5.92 Å². The van der Waals surface area contributed by atoms with Crippen LogP contribution in [0.4, 0.5) is 13.2 Å². The molecule has 1 aliphatic carbocycles. The topological polar surface area (TPSA) is 77.5 Å². The van der Waals surface area contributed by atoms with Gasteiger partial charge in [-0.05, 0) is 27.7 Å². The second kappa shape index (κ2) is 5.81. The van der Waals surface area contributed by atoms with Crippen LogP contribution >= 0.6 is 0 Å². The molecule has 0 heterocycles. The van der Waals surface area contributed by atoms with E-state index in [2.05, 4.69) is 4.74 Å². The van der Waals surface area contributed by atoms with E-state index in [1.54, 1.807) is 0 Å². The van der Waals surface area contributed by atoms with Crippen molar-refractivity contribution in [2.24, 2.45) is 22.7 Å². The summed E-state index contributed by atoms with van der Waals surface area (Å²) in [5.41, 5.74) is -3.11.